The number of rotatable bonds is 6. The minimum atomic E-state index is -3.85. The molecule has 3 aromatic rings. The van der Waals surface area contributed by atoms with Crippen LogP contribution in [0.1, 0.15) is 17.7 Å². The maximum absolute atomic E-state index is 12.7. The summed E-state index contributed by atoms with van der Waals surface area (Å²) in [6.07, 6.45) is 1.75. The monoisotopic (exact) mass is 394 g/mol. The molecular weight excluding hydrogens is 376 g/mol. The summed E-state index contributed by atoms with van der Waals surface area (Å²) in [7, 11) is -2.34. The summed E-state index contributed by atoms with van der Waals surface area (Å²) in [6.45, 7) is -0.0944. The van der Waals surface area contributed by atoms with Crippen molar-refractivity contribution in [1.82, 2.24) is 9.29 Å². The fourth-order valence-corrected chi connectivity index (χ4v) is 5.07. The van der Waals surface area contributed by atoms with E-state index in [0.29, 0.717) is 11.1 Å². The largest absolute Gasteiger partial charge is 0.419 e. The van der Waals surface area contributed by atoms with E-state index >= 15 is 0 Å². The first-order valence-electron chi connectivity index (χ1n) is 8.17. The zero-order chi connectivity index (χ0) is 18.5. The van der Waals surface area contributed by atoms with Crippen molar-refractivity contribution in [2.45, 2.75) is 23.3 Å². The van der Waals surface area contributed by atoms with E-state index in [0.717, 1.165) is 17.7 Å². The second kappa shape index (κ2) is 6.05. The molecule has 4 rings (SSSR count). The van der Waals surface area contributed by atoms with E-state index in [4.69, 9.17) is 4.42 Å². The van der Waals surface area contributed by atoms with E-state index < -0.39 is 21.4 Å². The molecule has 2 heterocycles. The zero-order valence-electron chi connectivity index (χ0n) is 14.0. The van der Waals surface area contributed by atoms with Gasteiger partial charge in [-0.05, 0) is 48.4 Å². The van der Waals surface area contributed by atoms with Gasteiger partial charge in [-0.15, -0.1) is 11.3 Å². The smallest absolute Gasteiger partial charge is 0.408 e. The number of oxazole rings is 1. The topological polar surface area (TPSA) is 102 Å². The van der Waals surface area contributed by atoms with Gasteiger partial charge in [-0.2, -0.15) is 0 Å². The number of nitrogens with one attached hydrogen (secondary N) is 1. The summed E-state index contributed by atoms with van der Waals surface area (Å²) in [5, 5.41) is 12.9. The minimum Gasteiger partial charge on any atom is -0.408 e. The molecule has 7 nitrogen and oxygen atoms in total. The van der Waals surface area contributed by atoms with Gasteiger partial charge in [-0.25, -0.2) is 17.9 Å². The molecule has 0 spiro atoms. The average molecular weight is 394 g/mol. The van der Waals surface area contributed by atoms with Gasteiger partial charge in [0.1, 0.15) is 5.60 Å². The highest BCUT2D eigenvalue weighted by Gasteiger charge is 2.46. The first-order chi connectivity index (χ1) is 12.3. The molecule has 138 valence electrons. The van der Waals surface area contributed by atoms with Gasteiger partial charge in [0.15, 0.2) is 5.58 Å². The highest BCUT2D eigenvalue weighted by Crippen LogP contribution is 2.46. The Morgan fingerprint density at radius 2 is 2.15 bits per heavy atom. The van der Waals surface area contributed by atoms with Gasteiger partial charge < -0.3 is 9.52 Å². The van der Waals surface area contributed by atoms with Crippen molar-refractivity contribution in [1.29, 1.82) is 0 Å². The summed E-state index contributed by atoms with van der Waals surface area (Å²) in [4.78, 5) is 12.3. The molecule has 0 radical (unpaired) electrons. The van der Waals surface area contributed by atoms with Crippen molar-refractivity contribution < 1.29 is 17.9 Å². The van der Waals surface area contributed by atoms with Crippen molar-refractivity contribution in [3.63, 3.8) is 0 Å². The lowest BCUT2D eigenvalue weighted by atomic mass is 9.96. The normalized spacial score (nSPS) is 17.5. The van der Waals surface area contributed by atoms with Crippen molar-refractivity contribution >= 4 is 32.5 Å². The average Bonchev–Trinajstić information content (AvgIpc) is 3.25. The third kappa shape index (κ3) is 2.90. The number of nitrogens with zero attached hydrogens (tertiary/aromatic N) is 1. The Morgan fingerprint density at radius 1 is 1.38 bits per heavy atom. The lowest BCUT2D eigenvalue weighted by Crippen LogP contribution is -2.41. The molecule has 1 fully saturated rings. The SMILES string of the molecule is Cn1c(=O)oc2ccc(S(=O)(=O)NC[C@@](O)(c3cccs3)C3CC3)cc21. The number of benzene rings is 1. The van der Waals surface area contributed by atoms with Gasteiger partial charge in [0, 0.05) is 18.5 Å². The van der Waals surface area contributed by atoms with E-state index in [9.17, 15) is 18.3 Å². The molecule has 0 saturated heterocycles. The van der Waals surface area contributed by atoms with Crippen LogP contribution in [0.15, 0.2) is 49.8 Å². The minimum absolute atomic E-state index is 0.0192. The third-order valence-electron chi connectivity index (χ3n) is 4.81. The summed E-state index contributed by atoms with van der Waals surface area (Å²) in [5.41, 5.74) is -0.480. The maximum Gasteiger partial charge on any atom is 0.419 e. The van der Waals surface area contributed by atoms with Crippen molar-refractivity contribution in [3.05, 3.63) is 51.1 Å². The number of thiophene rings is 1. The molecule has 26 heavy (non-hydrogen) atoms. The predicted molar refractivity (Wildman–Crippen MR) is 97.6 cm³/mol. The first kappa shape index (κ1) is 17.5. The van der Waals surface area contributed by atoms with E-state index in [1.165, 1.54) is 41.2 Å². The van der Waals surface area contributed by atoms with Gasteiger partial charge in [0.25, 0.3) is 0 Å². The molecule has 2 N–H and O–H groups in total. The van der Waals surface area contributed by atoms with Gasteiger partial charge in [-0.3, -0.25) is 4.57 Å². The molecule has 2 aromatic heterocycles. The Kier molecular flexibility index (Phi) is 4.07. The van der Waals surface area contributed by atoms with Gasteiger partial charge >= 0.3 is 5.76 Å². The molecule has 1 aromatic carbocycles. The van der Waals surface area contributed by atoms with Crippen molar-refractivity contribution in [2.75, 3.05) is 6.54 Å². The molecule has 0 aliphatic heterocycles. The zero-order valence-corrected chi connectivity index (χ0v) is 15.6. The highest BCUT2D eigenvalue weighted by molar-refractivity contribution is 7.89. The molecule has 1 saturated carbocycles. The maximum atomic E-state index is 12.7. The van der Waals surface area contributed by atoms with Crippen LogP contribution in [0.2, 0.25) is 0 Å². The molecule has 1 aliphatic carbocycles. The Morgan fingerprint density at radius 3 is 2.81 bits per heavy atom. The fraction of sp³-hybridized carbons (Fsp3) is 0.353. The number of fused-ring (bicyclic) bond motifs is 1. The predicted octanol–water partition coefficient (Wildman–Crippen LogP) is 1.77. The van der Waals surface area contributed by atoms with Crippen LogP contribution < -0.4 is 10.5 Å². The summed E-state index contributed by atoms with van der Waals surface area (Å²) in [6, 6.07) is 7.90. The van der Waals surface area contributed by atoms with Gasteiger partial charge in [-0.1, -0.05) is 6.07 Å². The first-order valence-corrected chi connectivity index (χ1v) is 10.5. The lowest BCUT2D eigenvalue weighted by Gasteiger charge is -2.27. The van der Waals surface area contributed by atoms with E-state index in [1.54, 1.807) is 0 Å². The lowest BCUT2D eigenvalue weighted by molar-refractivity contribution is 0.0222. The van der Waals surface area contributed by atoms with E-state index in [2.05, 4.69) is 4.72 Å². The number of aryl methyl sites for hydroxylation is 1. The number of aliphatic hydroxyl groups is 1. The Labute approximate surface area is 153 Å². The van der Waals surface area contributed by atoms with Crippen molar-refractivity contribution in [2.24, 2.45) is 13.0 Å². The Hall–Kier alpha value is -1.94. The van der Waals surface area contributed by atoms with E-state index in [1.807, 2.05) is 17.5 Å². The summed E-state index contributed by atoms with van der Waals surface area (Å²) in [5.74, 6) is -0.496. The molecule has 9 heteroatoms. The third-order valence-corrected chi connectivity index (χ3v) is 7.24. The van der Waals surface area contributed by atoms with Crippen LogP contribution in [0.25, 0.3) is 11.1 Å². The summed E-state index contributed by atoms with van der Waals surface area (Å²) < 4.78 is 34.2. The molecule has 1 aliphatic rings. The van der Waals surface area contributed by atoms with Crippen LogP contribution in [0.3, 0.4) is 0 Å². The van der Waals surface area contributed by atoms with Crippen LogP contribution >= 0.6 is 11.3 Å². The van der Waals surface area contributed by atoms with Crippen LogP contribution in [0, 0.1) is 5.92 Å². The van der Waals surface area contributed by atoms with Gasteiger partial charge in [0.05, 0.1) is 10.4 Å². The quantitative estimate of drug-likeness (QED) is 0.663. The number of sulfonamides is 1. The second-order valence-corrected chi connectivity index (χ2v) is 9.27. The van der Waals surface area contributed by atoms with Crippen molar-refractivity contribution in [3.8, 4) is 0 Å². The highest BCUT2D eigenvalue weighted by atomic mass is 32.2. The molecule has 0 amide bonds. The molecule has 0 unspecified atom stereocenters. The standard InChI is InChI=1S/C17H18N2O5S2/c1-19-13-9-12(6-7-14(13)24-16(19)20)26(22,23)18-10-17(21,11-4-5-11)15-3-2-8-25-15/h2-3,6-9,11,18,21H,4-5,10H2,1H3/t17-/m0/s1. The second-order valence-electron chi connectivity index (χ2n) is 6.56. The van der Waals surface area contributed by atoms with Gasteiger partial charge in [0.2, 0.25) is 10.0 Å². The number of hydrogen-bond donors (Lipinski definition) is 2. The Balaban J connectivity index is 1.63. The molecular formula is C17H18N2O5S2. The van der Waals surface area contributed by atoms with Crippen LogP contribution in [0.4, 0.5) is 0 Å². The number of aromatic nitrogens is 1. The fourth-order valence-electron chi connectivity index (χ4n) is 3.08. The van der Waals surface area contributed by atoms with Crippen LogP contribution in [-0.4, -0.2) is 24.6 Å². The Bertz CT molecular complexity index is 1110. The van der Waals surface area contributed by atoms with Crippen LogP contribution in [0.5, 0.6) is 0 Å². The summed E-state index contributed by atoms with van der Waals surface area (Å²) >= 11 is 1.42. The van der Waals surface area contributed by atoms with E-state index in [-0.39, 0.29) is 17.4 Å². The number of hydrogen-bond acceptors (Lipinski definition) is 6. The molecule has 0 bridgehead atoms. The van der Waals surface area contributed by atoms with Crippen LogP contribution in [-0.2, 0) is 22.7 Å². The molecule has 1 atom stereocenters.